The fourth-order valence-electron chi connectivity index (χ4n) is 4.91. The number of rotatable bonds is 10. The van der Waals surface area contributed by atoms with Gasteiger partial charge in [0.2, 0.25) is 0 Å². The van der Waals surface area contributed by atoms with Crippen LogP contribution in [0.15, 0.2) is 71.1 Å². The maximum Gasteiger partial charge on any atom is 0.262 e. The number of thiophene rings is 1. The van der Waals surface area contributed by atoms with Gasteiger partial charge in [-0.3, -0.25) is 14.5 Å². The predicted octanol–water partition coefficient (Wildman–Crippen LogP) is 3.92. The smallest absolute Gasteiger partial charge is 0.262 e. The summed E-state index contributed by atoms with van der Waals surface area (Å²) in [6, 6.07) is 18.4. The number of hydrogen-bond donors (Lipinski definition) is 0. The number of carbonyl (C=O) groups excluding carboxylic acids is 2. The van der Waals surface area contributed by atoms with Crippen LogP contribution in [0.1, 0.15) is 33.3 Å². The Hall–Kier alpha value is -3.73. The van der Waals surface area contributed by atoms with Crippen LogP contribution in [0.2, 0.25) is 0 Å². The lowest BCUT2D eigenvalue weighted by Crippen LogP contribution is -2.46. The quantitative estimate of drug-likeness (QED) is 0.373. The first-order valence-corrected chi connectivity index (χ1v) is 14.2. The van der Waals surface area contributed by atoms with Gasteiger partial charge in [0.15, 0.2) is 0 Å². The zero-order chi connectivity index (χ0) is 27.9. The van der Waals surface area contributed by atoms with Gasteiger partial charge in [0.05, 0.1) is 44.1 Å². The summed E-state index contributed by atoms with van der Waals surface area (Å²) in [7, 11) is 3.22. The van der Waals surface area contributed by atoms with E-state index < -0.39 is 0 Å². The zero-order valence-corrected chi connectivity index (χ0v) is 23.6. The van der Waals surface area contributed by atoms with Crippen LogP contribution < -0.4 is 9.47 Å². The molecule has 5 rings (SSSR count). The van der Waals surface area contributed by atoms with Crippen LogP contribution in [-0.4, -0.2) is 92.5 Å². The highest BCUT2D eigenvalue weighted by Crippen LogP contribution is 2.34. The van der Waals surface area contributed by atoms with E-state index in [-0.39, 0.29) is 24.4 Å². The van der Waals surface area contributed by atoms with Crippen molar-refractivity contribution >= 4 is 28.9 Å². The van der Waals surface area contributed by atoms with Crippen molar-refractivity contribution in [2.45, 2.75) is 12.5 Å². The maximum atomic E-state index is 13.9. The van der Waals surface area contributed by atoms with E-state index in [2.05, 4.69) is 4.90 Å². The van der Waals surface area contributed by atoms with Crippen LogP contribution in [0, 0.1) is 0 Å². The third-order valence-corrected chi connectivity index (χ3v) is 8.13. The summed E-state index contributed by atoms with van der Waals surface area (Å²) >= 11 is 1.60. The molecule has 3 aromatic rings. The van der Waals surface area contributed by atoms with Gasteiger partial charge in [0, 0.05) is 38.2 Å². The van der Waals surface area contributed by atoms with E-state index in [1.54, 1.807) is 59.7 Å². The molecule has 0 saturated carbocycles. The van der Waals surface area contributed by atoms with Gasteiger partial charge in [-0.25, -0.2) is 5.01 Å². The van der Waals surface area contributed by atoms with Gasteiger partial charge >= 0.3 is 0 Å². The van der Waals surface area contributed by atoms with Crippen LogP contribution in [0.3, 0.4) is 0 Å². The Morgan fingerprint density at radius 1 is 1.00 bits per heavy atom. The van der Waals surface area contributed by atoms with Crippen molar-refractivity contribution in [1.29, 1.82) is 0 Å². The van der Waals surface area contributed by atoms with E-state index in [0.29, 0.717) is 44.0 Å². The number of morpholine rings is 1. The highest BCUT2D eigenvalue weighted by Gasteiger charge is 2.35. The van der Waals surface area contributed by atoms with Gasteiger partial charge in [0.25, 0.3) is 11.8 Å². The topological polar surface area (TPSA) is 83.9 Å². The molecule has 210 valence electrons. The van der Waals surface area contributed by atoms with Crippen LogP contribution in [0.4, 0.5) is 0 Å². The van der Waals surface area contributed by atoms with Gasteiger partial charge in [-0.05, 0) is 53.4 Å². The SMILES string of the molecule is COc1ccc(C(=O)N(CCN2CCOCC2)CC(=O)N2N=C(c3cccs3)C[C@H]2c2ccc(OC)cc2)cc1. The van der Waals surface area contributed by atoms with E-state index in [1.165, 1.54) is 0 Å². The lowest BCUT2D eigenvalue weighted by atomic mass is 10.0. The second-order valence-corrected chi connectivity index (χ2v) is 10.6. The number of carbonyl (C=O) groups is 2. The summed E-state index contributed by atoms with van der Waals surface area (Å²) in [5.74, 6) is 0.990. The van der Waals surface area contributed by atoms with E-state index in [1.807, 2.05) is 41.8 Å². The molecule has 2 amide bonds. The standard InChI is InChI=1S/C30H34N4O5S/c1-37-24-9-5-22(6-10-24)27-20-26(28-4-3-19-40-28)31-34(27)29(35)21-33(14-13-32-15-17-39-18-16-32)30(36)23-7-11-25(38-2)12-8-23/h3-12,19,27H,13-18,20-21H2,1-2H3/t27-/m0/s1. The van der Waals surface area contributed by atoms with Gasteiger partial charge in [-0.1, -0.05) is 18.2 Å². The molecule has 2 aromatic carbocycles. The molecule has 2 aliphatic heterocycles. The average molecular weight is 563 g/mol. The zero-order valence-electron chi connectivity index (χ0n) is 22.8. The Morgan fingerprint density at radius 3 is 2.30 bits per heavy atom. The van der Waals surface area contributed by atoms with Crippen molar-refractivity contribution in [3.8, 4) is 11.5 Å². The second kappa shape index (κ2) is 13.1. The summed E-state index contributed by atoms with van der Waals surface area (Å²) in [5.41, 5.74) is 2.34. The number of amides is 2. The van der Waals surface area contributed by atoms with Crippen molar-refractivity contribution in [3.05, 3.63) is 82.0 Å². The molecule has 10 heteroatoms. The Labute approximate surface area is 238 Å². The molecule has 9 nitrogen and oxygen atoms in total. The highest BCUT2D eigenvalue weighted by molar-refractivity contribution is 7.12. The molecule has 1 atom stereocenters. The Balaban J connectivity index is 1.39. The molecule has 0 bridgehead atoms. The molecule has 3 heterocycles. The third-order valence-electron chi connectivity index (χ3n) is 7.21. The van der Waals surface area contributed by atoms with Crippen LogP contribution >= 0.6 is 11.3 Å². The molecule has 1 aromatic heterocycles. The first-order valence-electron chi connectivity index (χ1n) is 13.4. The van der Waals surface area contributed by atoms with Crippen LogP contribution in [0.5, 0.6) is 11.5 Å². The van der Waals surface area contributed by atoms with Gasteiger partial charge in [-0.15, -0.1) is 11.3 Å². The van der Waals surface area contributed by atoms with E-state index in [0.717, 1.165) is 35.0 Å². The molecule has 1 saturated heterocycles. The van der Waals surface area contributed by atoms with Crippen molar-refractivity contribution in [2.75, 3.05) is 60.2 Å². The Bertz CT molecular complexity index is 1300. The summed E-state index contributed by atoms with van der Waals surface area (Å²) in [4.78, 5) is 32.5. The number of nitrogens with zero attached hydrogens (tertiary/aromatic N) is 4. The van der Waals surface area contributed by atoms with E-state index >= 15 is 0 Å². The molecule has 1 fully saturated rings. The number of methoxy groups -OCH3 is 2. The molecule has 0 unspecified atom stereocenters. The second-order valence-electron chi connectivity index (χ2n) is 9.66. The fraction of sp³-hybridized carbons (Fsp3) is 0.367. The first-order chi connectivity index (χ1) is 19.6. The number of ether oxygens (including phenoxy) is 3. The summed E-state index contributed by atoms with van der Waals surface area (Å²) in [6.07, 6.45) is 0.596. The first kappa shape index (κ1) is 27.8. The predicted molar refractivity (Wildman–Crippen MR) is 154 cm³/mol. The van der Waals surface area contributed by atoms with Gasteiger partial charge in [0.1, 0.15) is 18.0 Å². The van der Waals surface area contributed by atoms with Gasteiger partial charge in [-0.2, -0.15) is 5.10 Å². The maximum absolute atomic E-state index is 13.9. The van der Waals surface area contributed by atoms with Crippen molar-refractivity contribution < 1.29 is 23.8 Å². The summed E-state index contributed by atoms with van der Waals surface area (Å²) in [5, 5.41) is 8.35. The molecular formula is C30H34N4O5S. The minimum absolute atomic E-state index is 0.0803. The lowest BCUT2D eigenvalue weighted by Gasteiger charge is -2.31. The minimum atomic E-state index is -0.271. The Morgan fingerprint density at radius 2 is 1.68 bits per heavy atom. The van der Waals surface area contributed by atoms with E-state index in [4.69, 9.17) is 19.3 Å². The van der Waals surface area contributed by atoms with E-state index in [9.17, 15) is 9.59 Å². The fourth-order valence-corrected chi connectivity index (χ4v) is 5.63. The molecule has 0 aliphatic carbocycles. The third kappa shape index (κ3) is 6.52. The molecule has 2 aliphatic rings. The lowest BCUT2D eigenvalue weighted by molar-refractivity contribution is -0.133. The number of hydrogen-bond acceptors (Lipinski definition) is 8. The monoisotopic (exact) mass is 562 g/mol. The average Bonchev–Trinajstić information content (AvgIpc) is 3.70. The molecule has 0 spiro atoms. The normalized spacial score (nSPS) is 17.4. The summed E-state index contributed by atoms with van der Waals surface area (Å²) < 4.78 is 16.0. The van der Waals surface area contributed by atoms with Crippen molar-refractivity contribution in [2.24, 2.45) is 5.10 Å². The van der Waals surface area contributed by atoms with Gasteiger partial charge < -0.3 is 19.1 Å². The number of hydrazone groups is 1. The largest absolute Gasteiger partial charge is 0.497 e. The summed E-state index contributed by atoms with van der Waals surface area (Å²) in [6.45, 7) is 3.94. The van der Waals surface area contributed by atoms with Crippen molar-refractivity contribution in [1.82, 2.24) is 14.8 Å². The molecule has 40 heavy (non-hydrogen) atoms. The minimum Gasteiger partial charge on any atom is -0.497 e. The van der Waals surface area contributed by atoms with Crippen LogP contribution in [-0.2, 0) is 9.53 Å². The molecule has 0 N–H and O–H groups in total. The number of benzene rings is 2. The Kier molecular flexibility index (Phi) is 9.10. The van der Waals surface area contributed by atoms with Crippen LogP contribution in [0.25, 0.3) is 0 Å². The molecular weight excluding hydrogens is 528 g/mol. The molecule has 0 radical (unpaired) electrons. The highest BCUT2D eigenvalue weighted by atomic mass is 32.1. The van der Waals surface area contributed by atoms with Crippen molar-refractivity contribution in [3.63, 3.8) is 0 Å².